The van der Waals surface area contributed by atoms with Gasteiger partial charge in [-0.05, 0) is 44.9 Å². The Morgan fingerprint density at radius 1 is 1.27 bits per heavy atom. The number of ether oxygens (including phenoxy) is 2. The summed E-state index contributed by atoms with van der Waals surface area (Å²) in [6, 6.07) is 0. The molecule has 0 spiro atoms. The highest BCUT2D eigenvalue weighted by Gasteiger charge is 2.29. The zero-order valence-corrected chi connectivity index (χ0v) is 10.2. The normalized spacial score (nSPS) is 21.4. The van der Waals surface area contributed by atoms with Crippen molar-refractivity contribution >= 4 is 6.16 Å². The molecule has 1 rings (SSSR count). The lowest BCUT2D eigenvalue weighted by Gasteiger charge is -2.33. The van der Waals surface area contributed by atoms with Gasteiger partial charge < -0.3 is 9.47 Å². The molecule has 3 nitrogen and oxygen atoms in total. The van der Waals surface area contributed by atoms with Gasteiger partial charge >= 0.3 is 6.16 Å². The van der Waals surface area contributed by atoms with Gasteiger partial charge in [0.05, 0.1) is 6.10 Å². The molecule has 0 aromatic rings. The Kier molecular flexibility index (Phi) is 4.00. The van der Waals surface area contributed by atoms with Gasteiger partial charge in [0.2, 0.25) is 0 Å². The van der Waals surface area contributed by atoms with Crippen molar-refractivity contribution < 1.29 is 14.3 Å². The minimum absolute atomic E-state index is 0.0595. The van der Waals surface area contributed by atoms with Gasteiger partial charge in [0.25, 0.3) is 0 Å². The van der Waals surface area contributed by atoms with E-state index in [1.165, 1.54) is 0 Å². The average Bonchev–Trinajstić information content (AvgIpc) is 2.07. The lowest BCUT2D eigenvalue weighted by molar-refractivity contribution is -0.0143. The number of carbonyl (C=O) groups is 1. The molecule has 0 N–H and O–H groups in total. The van der Waals surface area contributed by atoms with Crippen molar-refractivity contribution in [3.63, 3.8) is 0 Å². The Bertz CT molecular complexity index is 211. The van der Waals surface area contributed by atoms with Gasteiger partial charge in [-0.25, -0.2) is 4.79 Å². The Hall–Kier alpha value is -0.730. The second-order valence-electron chi connectivity index (χ2n) is 5.40. The highest BCUT2D eigenvalue weighted by molar-refractivity contribution is 5.60. The van der Waals surface area contributed by atoms with Crippen molar-refractivity contribution in [2.75, 3.05) is 0 Å². The van der Waals surface area contributed by atoms with E-state index in [1.54, 1.807) is 0 Å². The van der Waals surface area contributed by atoms with Crippen molar-refractivity contribution in [2.45, 2.75) is 65.6 Å². The van der Waals surface area contributed by atoms with Gasteiger partial charge in [0, 0.05) is 0 Å². The zero-order chi connectivity index (χ0) is 11.5. The first-order chi connectivity index (χ1) is 6.89. The summed E-state index contributed by atoms with van der Waals surface area (Å²) in [5.41, 5.74) is 0.405. The van der Waals surface area contributed by atoms with Gasteiger partial charge in [0.15, 0.2) is 0 Å². The first-order valence-electron chi connectivity index (χ1n) is 5.76. The highest BCUT2D eigenvalue weighted by Crippen LogP contribution is 2.36. The minimum atomic E-state index is -0.519. The summed E-state index contributed by atoms with van der Waals surface area (Å²) in [4.78, 5) is 11.2. The monoisotopic (exact) mass is 214 g/mol. The molecule has 3 heteroatoms. The SMILES string of the molecule is CC(C)OC(=O)OC1CCC(C)(C)CC1. The number of hydrogen-bond donors (Lipinski definition) is 0. The van der Waals surface area contributed by atoms with Crippen molar-refractivity contribution in [3.05, 3.63) is 0 Å². The van der Waals surface area contributed by atoms with Crippen LogP contribution in [-0.4, -0.2) is 18.4 Å². The molecule has 0 heterocycles. The van der Waals surface area contributed by atoms with Crippen molar-refractivity contribution in [1.82, 2.24) is 0 Å². The molecule has 88 valence electrons. The molecule has 0 aromatic heterocycles. The molecular weight excluding hydrogens is 192 g/mol. The smallest absolute Gasteiger partial charge is 0.432 e. The average molecular weight is 214 g/mol. The molecule has 0 unspecified atom stereocenters. The molecule has 1 fully saturated rings. The van der Waals surface area contributed by atoms with E-state index in [0.717, 1.165) is 25.7 Å². The maximum Gasteiger partial charge on any atom is 0.508 e. The van der Waals surface area contributed by atoms with Crippen LogP contribution in [0.25, 0.3) is 0 Å². The Morgan fingerprint density at radius 3 is 2.27 bits per heavy atom. The van der Waals surface area contributed by atoms with Crippen molar-refractivity contribution in [1.29, 1.82) is 0 Å². The van der Waals surface area contributed by atoms with E-state index in [0.29, 0.717) is 5.41 Å². The quantitative estimate of drug-likeness (QED) is 0.660. The van der Waals surface area contributed by atoms with E-state index in [1.807, 2.05) is 13.8 Å². The van der Waals surface area contributed by atoms with E-state index in [4.69, 9.17) is 9.47 Å². The highest BCUT2D eigenvalue weighted by atomic mass is 16.7. The van der Waals surface area contributed by atoms with Gasteiger partial charge in [0.1, 0.15) is 6.10 Å². The molecule has 0 aromatic carbocycles. The topological polar surface area (TPSA) is 35.5 Å². The fourth-order valence-corrected chi connectivity index (χ4v) is 1.85. The van der Waals surface area contributed by atoms with E-state index in [9.17, 15) is 4.79 Å². The Morgan fingerprint density at radius 2 is 1.80 bits per heavy atom. The molecule has 1 saturated carbocycles. The maximum absolute atomic E-state index is 11.2. The molecule has 1 aliphatic rings. The standard InChI is InChI=1S/C12H22O3/c1-9(2)14-11(13)15-10-5-7-12(3,4)8-6-10/h9-10H,5-8H2,1-4H3. The largest absolute Gasteiger partial charge is 0.508 e. The van der Waals surface area contributed by atoms with Crippen LogP contribution in [-0.2, 0) is 9.47 Å². The molecule has 0 saturated heterocycles. The molecular formula is C12H22O3. The first kappa shape index (κ1) is 12.3. The van der Waals surface area contributed by atoms with Crippen LogP contribution in [0.3, 0.4) is 0 Å². The number of carbonyl (C=O) groups excluding carboxylic acids is 1. The van der Waals surface area contributed by atoms with Crippen molar-refractivity contribution in [2.24, 2.45) is 5.41 Å². The van der Waals surface area contributed by atoms with Crippen LogP contribution in [0.15, 0.2) is 0 Å². The van der Waals surface area contributed by atoms with Crippen LogP contribution in [0.5, 0.6) is 0 Å². The summed E-state index contributed by atoms with van der Waals surface area (Å²) < 4.78 is 10.2. The maximum atomic E-state index is 11.2. The Labute approximate surface area is 92.1 Å². The lowest BCUT2D eigenvalue weighted by Crippen LogP contribution is -2.29. The van der Waals surface area contributed by atoms with Crippen molar-refractivity contribution in [3.8, 4) is 0 Å². The molecule has 1 aliphatic carbocycles. The van der Waals surface area contributed by atoms with Gasteiger partial charge in [-0.15, -0.1) is 0 Å². The molecule has 0 bridgehead atoms. The minimum Gasteiger partial charge on any atom is -0.432 e. The van der Waals surface area contributed by atoms with Crippen LogP contribution in [0.1, 0.15) is 53.4 Å². The van der Waals surface area contributed by atoms with E-state index < -0.39 is 6.16 Å². The lowest BCUT2D eigenvalue weighted by atomic mass is 9.76. The molecule has 0 atom stereocenters. The zero-order valence-electron chi connectivity index (χ0n) is 10.2. The summed E-state index contributed by atoms with van der Waals surface area (Å²) >= 11 is 0. The van der Waals surface area contributed by atoms with E-state index >= 15 is 0 Å². The van der Waals surface area contributed by atoms with Gasteiger partial charge in [-0.1, -0.05) is 13.8 Å². The molecule has 0 radical (unpaired) electrons. The number of rotatable bonds is 2. The summed E-state index contributed by atoms with van der Waals surface area (Å²) in [5, 5.41) is 0. The van der Waals surface area contributed by atoms with E-state index in [-0.39, 0.29) is 12.2 Å². The predicted molar refractivity (Wildman–Crippen MR) is 58.7 cm³/mol. The second-order valence-corrected chi connectivity index (χ2v) is 5.40. The molecule has 15 heavy (non-hydrogen) atoms. The fourth-order valence-electron chi connectivity index (χ4n) is 1.85. The summed E-state index contributed by atoms with van der Waals surface area (Å²) in [6.45, 7) is 8.17. The van der Waals surface area contributed by atoms with Crippen LogP contribution in [0.2, 0.25) is 0 Å². The van der Waals surface area contributed by atoms with E-state index in [2.05, 4.69) is 13.8 Å². The van der Waals surface area contributed by atoms with Gasteiger partial charge in [-0.2, -0.15) is 0 Å². The first-order valence-corrected chi connectivity index (χ1v) is 5.76. The second kappa shape index (κ2) is 4.86. The Balaban J connectivity index is 2.27. The predicted octanol–water partition coefficient (Wildman–Crippen LogP) is 3.52. The third kappa shape index (κ3) is 4.54. The summed E-state index contributed by atoms with van der Waals surface area (Å²) in [5.74, 6) is 0. The van der Waals surface area contributed by atoms with Crippen LogP contribution < -0.4 is 0 Å². The third-order valence-electron chi connectivity index (χ3n) is 2.88. The number of hydrogen-bond acceptors (Lipinski definition) is 3. The molecule has 0 aliphatic heterocycles. The summed E-state index contributed by atoms with van der Waals surface area (Å²) in [6.07, 6.45) is 3.59. The summed E-state index contributed by atoms with van der Waals surface area (Å²) in [7, 11) is 0. The molecule has 0 amide bonds. The van der Waals surface area contributed by atoms with Gasteiger partial charge in [-0.3, -0.25) is 0 Å². The third-order valence-corrected chi connectivity index (χ3v) is 2.88. The van der Waals surface area contributed by atoms with Crippen LogP contribution in [0, 0.1) is 5.41 Å². The van der Waals surface area contributed by atoms with Crippen LogP contribution in [0.4, 0.5) is 4.79 Å². The fraction of sp³-hybridized carbons (Fsp3) is 0.917. The van der Waals surface area contributed by atoms with Crippen LogP contribution >= 0.6 is 0 Å².